The van der Waals surface area contributed by atoms with E-state index in [0.717, 1.165) is 12.2 Å². The van der Waals surface area contributed by atoms with Crippen molar-refractivity contribution in [1.82, 2.24) is 15.1 Å². The Kier molecular flexibility index (Phi) is 3.38. The predicted octanol–water partition coefficient (Wildman–Crippen LogP) is 3.07. The van der Waals surface area contributed by atoms with Crippen LogP contribution in [0.2, 0.25) is 0 Å². The molecule has 0 saturated carbocycles. The fourth-order valence-electron chi connectivity index (χ4n) is 2.88. The molecule has 0 fully saturated rings. The first kappa shape index (κ1) is 12.4. The van der Waals surface area contributed by atoms with E-state index in [9.17, 15) is 0 Å². The SMILES string of the molecule is CCCNC1CCc2cc(-c3ccn(C)n3)ccc21. The van der Waals surface area contributed by atoms with Crippen molar-refractivity contribution in [3.63, 3.8) is 0 Å². The average Bonchev–Trinajstić information content (AvgIpc) is 3.02. The van der Waals surface area contributed by atoms with Crippen LogP contribution < -0.4 is 5.32 Å². The molecule has 0 saturated heterocycles. The van der Waals surface area contributed by atoms with Gasteiger partial charge in [0.15, 0.2) is 0 Å². The molecule has 0 aliphatic heterocycles. The highest BCUT2D eigenvalue weighted by molar-refractivity contribution is 5.61. The second-order valence-corrected chi connectivity index (χ2v) is 5.33. The molecule has 1 unspecified atom stereocenters. The third kappa shape index (κ3) is 2.43. The lowest BCUT2D eigenvalue weighted by molar-refractivity contribution is 0.529. The van der Waals surface area contributed by atoms with Gasteiger partial charge in [0.25, 0.3) is 0 Å². The van der Waals surface area contributed by atoms with E-state index < -0.39 is 0 Å². The molecule has 1 aromatic carbocycles. The van der Waals surface area contributed by atoms with Gasteiger partial charge in [-0.3, -0.25) is 4.68 Å². The largest absolute Gasteiger partial charge is 0.310 e. The van der Waals surface area contributed by atoms with Crippen molar-refractivity contribution in [2.24, 2.45) is 7.05 Å². The summed E-state index contributed by atoms with van der Waals surface area (Å²) >= 11 is 0. The van der Waals surface area contributed by atoms with Crippen molar-refractivity contribution in [3.05, 3.63) is 41.6 Å². The molecule has 3 rings (SSSR count). The van der Waals surface area contributed by atoms with Crippen LogP contribution in [0, 0.1) is 0 Å². The van der Waals surface area contributed by atoms with Crippen LogP contribution in [0.25, 0.3) is 11.3 Å². The molecule has 0 amide bonds. The molecule has 19 heavy (non-hydrogen) atoms. The summed E-state index contributed by atoms with van der Waals surface area (Å²) in [7, 11) is 1.96. The normalized spacial score (nSPS) is 17.7. The fraction of sp³-hybridized carbons (Fsp3) is 0.438. The van der Waals surface area contributed by atoms with Crippen LogP contribution in [0.3, 0.4) is 0 Å². The molecule has 0 radical (unpaired) electrons. The minimum atomic E-state index is 0.549. The van der Waals surface area contributed by atoms with Crippen molar-refractivity contribution >= 4 is 0 Å². The van der Waals surface area contributed by atoms with Gasteiger partial charge in [-0.1, -0.05) is 19.1 Å². The summed E-state index contributed by atoms with van der Waals surface area (Å²) < 4.78 is 1.86. The summed E-state index contributed by atoms with van der Waals surface area (Å²) in [6.07, 6.45) is 5.59. The highest BCUT2D eigenvalue weighted by atomic mass is 15.2. The number of nitrogens with zero attached hydrogens (tertiary/aromatic N) is 2. The number of hydrogen-bond donors (Lipinski definition) is 1. The predicted molar refractivity (Wildman–Crippen MR) is 78.0 cm³/mol. The Hall–Kier alpha value is -1.61. The van der Waals surface area contributed by atoms with E-state index in [4.69, 9.17) is 0 Å². The number of aryl methyl sites for hydroxylation is 2. The molecule has 1 heterocycles. The van der Waals surface area contributed by atoms with E-state index in [2.05, 4.69) is 41.6 Å². The van der Waals surface area contributed by atoms with Gasteiger partial charge in [-0.25, -0.2) is 0 Å². The van der Waals surface area contributed by atoms with Crippen molar-refractivity contribution in [3.8, 4) is 11.3 Å². The Bertz CT molecular complexity index is 571. The van der Waals surface area contributed by atoms with Crippen molar-refractivity contribution in [2.45, 2.75) is 32.2 Å². The van der Waals surface area contributed by atoms with Gasteiger partial charge in [-0.2, -0.15) is 5.10 Å². The summed E-state index contributed by atoms with van der Waals surface area (Å²) in [4.78, 5) is 0. The van der Waals surface area contributed by atoms with Gasteiger partial charge in [0.2, 0.25) is 0 Å². The number of fused-ring (bicyclic) bond motifs is 1. The van der Waals surface area contributed by atoms with E-state index >= 15 is 0 Å². The van der Waals surface area contributed by atoms with Crippen LogP contribution in [0.4, 0.5) is 0 Å². The Morgan fingerprint density at radius 2 is 2.26 bits per heavy atom. The van der Waals surface area contributed by atoms with Gasteiger partial charge in [-0.05, 0) is 49.1 Å². The van der Waals surface area contributed by atoms with E-state index in [-0.39, 0.29) is 0 Å². The maximum absolute atomic E-state index is 4.48. The molecular formula is C16H21N3. The zero-order valence-electron chi connectivity index (χ0n) is 11.7. The molecule has 1 aromatic heterocycles. The summed E-state index contributed by atoms with van der Waals surface area (Å²) in [5.41, 5.74) is 5.26. The average molecular weight is 255 g/mol. The van der Waals surface area contributed by atoms with Gasteiger partial charge in [0.05, 0.1) is 5.69 Å². The molecule has 1 N–H and O–H groups in total. The Balaban J connectivity index is 1.85. The lowest BCUT2D eigenvalue weighted by Gasteiger charge is -2.13. The number of hydrogen-bond acceptors (Lipinski definition) is 2. The van der Waals surface area contributed by atoms with Crippen LogP contribution in [-0.2, 0) is 13.5 Å². The lowest BCUT2D eigenvalue weighted by atomic mass is 10.0. The molecule has 1 aliphatic carbocycles. The number of benzene rings is 1. The van der Waals surface area contributed by atoms with Gasteiger partial charge in [0.1, 0.15) is 0 Å². The highest BCUT2D eigenvalue weighted by Gasteiger charge is 2.22. The van der Waals surface area contributed by atoms with E-state index in [1.54, 1.807) is 0 Å². The van der Waals surface area contributed by atoms with Crippen molar-refractivity contribution in [2.75, 3.05) is 6.54 Å². The minimum absolute atomic E-state index is 0.549. The van der Waals surface area contributed by atoms with E-state index in [1.807, 2.05) is 17.9 Å². The molecule has 3 nitrogen and oxygen atoms in total. The first-order chi connectivity index (χ1) is 9.28. The van der Waals surface area contributed by atoms with Crippen molar-refractivity contribution < 1.29 is 0 Å². The Morgan fingerprint density at radius 3 is 3.00 bits per heavy atom. The van der Waals surface area contributed by atoms with Crippen molar-refractivity contribution in [1.29, 1.82) is 0 Å². The Labute approximate surface area is 114 Å². The second kappa shape index (κ2) is 5.17. The molecule has 2 aromatic rings. The van der Waals surface area contributed by atoms with Crippen LogP contribution in [0.15, 0.2) is 30.5 Å². The zero-order chi connectivity index (χ0) is 13.2. The van der Waals surface area contributed by atoms with E-state index in [0.29, 0.717) is 6.04 Å². The number of nitrogens with one attached hydrogen (secondary N) is 1. The fourth-order valence-corrected chi connectivity index (χ4v) is 2.88. The standard InChI is InChI=1S/C16H21N3/c1-3-9-17-16-7-5-12-11-13(4-6-14(12)16)15-8-10-19(2)18-15/h4,6,8,10-11,16-17H,3,5,7,9H2,1-2H3. The van der Waals surface area contributed by atoms with Crippen LogP contribution in [0.5, 0.6) is 0 Å². The summed E-state index contributed by atoms with van der Waals surface area (Å²) in [5.74, 6) is 0. The third-order valence-electron chi connectivity index (χ3n) is 3.87. The summed E-state index contributed by atoms with van der Waals surface area (Å²) in [6, 6.07) is 9.41. The molecular weight excluding hydrogens is 234 g/mol. The van der Waals surface area contributed by atoms with Gasteiger partial charge < -0.3 is 5.32 Å². The Morgan fingerprint density at radius 1 is 1.37 bits per heavy atom. The monoisotopic (exact) mass is 255 g/mol. The smallest absolute Gasteiger partial charge is 0.0923 e. The number of aromatic nitrogens is 2. The zero-order valence-corrected chi connectivity index (χ0v) is 11.7. The van der Waals surface area contributed by atoms with Gasteiger partial charge in [-0.15, -0.1) is 0 Å². The summed E-state index contributed by atoms with van der Waals surface area (Å²) in [6.45, 7) is 3.32. The van der Waals surface area contributed by atoms with Gasteiger partial charge in [0, 0.05) is 24.8 Å². The molecule has 1 atom stereocenters. The first-order valence-electron chi connectivity index (χ1n) is 7.14. The maximum Gasteiger partial charge on any atom is 0.0923 e. The van der Waals surface area contributed by atoms with E-state index in [1.165, 1.54) is 36.0 Å². The molecule has 0 bridgehead atoms. The van der Waals surface area contributed by atoms with Gasteiger partial charge >= 0.3 is 0 Å². The lowest BCUT2D eigenvalue weighted by Crippen LogP contribution is -2.19. The van der Waals surface area contributed by atoms with Crippen LogP contribution in [0.1, 0.15) is 36.9 Å². The minimum Gasteiger partial charge on any atom is -0.310 e. The maximum atomic E-state index is 4.48. The first-order valence-corrected chi connectivity index (χ1v) is 7.14. The molecule has 3 heteroatoms. The summed E-state index contributed by atoms with van der Waals surface area (Å²) in [5, 5.41) is 8.11. The second-order valence-electron chi connectivity index (χ2n) is 5.33. The molecule has 1 aliphatic rings. The van der Waals surface area contributed by atoms with Crippen LogP contribution in [-0.4, -0.2) is 16.3 Å². The third-order valence-corrected chi connectivity index (χ3v) is 3.87. The highest BCUT2D eigenvalue weighted by Crippen LogP contribution is 2.33. The van der Waals surface area contributed by atoms with Crippen LogP contribution >= 0.6 is 0 Å². The topological polar surface area (TPSA) is 29.9 Å². The molecule has 0 spiro atoms. The quantitative estimate of drug-likeness (QED) is 0.910. The number of rotatable bonds is 4. The molecule has 100 valence electrons.